The molecule has 0 spiro atoms. The van der Waals surface area contributed by atoms with Gasteiger partial charge in [-0.05, 0) is 0 Å². The Hall–Kier alpha value is -2.13. The van der Waals surface area contributed by atoms with Gasteiger partial charge in [0.2, 0.25) is 0 Å². The first-order chi connectivity index (χ1) is 8.24. The van der Waals surface area contributed by atoms with Crippen molar-refractivity contribution in [2.24, 2.45) is 0 Å². The van der Waals surface area contributed by atoms with Crippen LogP contribution in [0.25, 0.3) is 0 Å². The maximum absolute atomic E-state index is 12.3. The molecule has 100 valence electrons. The second-order valence-corrected chi connectivity index (χ2v) is 3.29. The summed E-state index contributed by atoms with van der Waals surface area (Å²) in [7, 11) is 0.920. The normalized spacial score (nSPS) is 13.1. The number of carbonyl (C=O) groups excluding carboxylic acids is 1. The number of rotatable bonds is 4. The van der Waals surface area contributed by atoms with Crippen LogP contribution in [0.1, 0.15) is 12.5 Å². The molecule has 10 heteroatoms. The van der Waals surface area contributed by atoms with E-state index in [-0.39, 0.29) is 0 Å². The minimum Gasteiger partial charge on any atom is -0.467 e. The van der Waals surface area contributed by atoms with Gasteiger partial charge in [-0.15, -0.1) is 0 Å². The summed E-state index contributed by atoms with van der Waals surface area (Å²) in [5, 5.41) is 13.7. The molecule has 0 amide bonds. The monoisotopic (exact) mass is 267 g/mol. The average Bonchev–Trinajstić information content (AvgIpc) is 2.72. The first kappa shape index (κ1) is 13.9. The molecular formula is C8H8F3N3O4. The highest BCUT2D eigenvalue weighted by atomic mass is 19.4. The first-order valence-electron chi connectivity index (χ1n) is 4.57. The fourth-order valence-electron chi connectivity index (χ4n) is 1.23. The van der Waals surface area contributed by atoms with Crippen LogP contribution in [0.4, 0.5) is 18.9 Å². The van der Waals surface area contributed by atoms with E-state index in [1.807, 2.05) is 0 Å². The Kier molecular flexibility index (Phi) is 3.89. The van der Waals surface area contributed by atoms with E-state index in [1.165, 1.54) is 0 Å². The number of nitrogens with zero attached hydrogens (tertiary/aromatic N) is 3. The molecule has 0 bridgehead atoms. The molecule has 0 aliphatic rings. The molecule has 1 unspecified atom stereocenters. The lowest BCUT2D eigenvalue weighted by Crippen LogP contribution is -2.27. The Morgan fingerprint density at radius 3 is 2.67 bits per heavy atom. The van der Waals surface area contributed by atoms with Gasteiger partial charge in [0, 0.05) is 0 Å². The summed E-state index contributed by atoms with van der Waals surface area (Å²) < 4.78 is 41.6. The minimum atomic E-state index is -4.63. The van der Waals surface area contributed by atoms with Crippen LogP contribution >= 0.6 is 0 Å². The highest BCUT2D eigenvalue weighted by Gasteiger charge is 2.38. The smallest absolute Gasteiger partial charge is 0.391 e. The molecule has 0 aromatic carbocycles. The third kappa shape index (κ3) is 3.43. The molecule has 1 atom stereocenters. The molecule has 1 rings (SSSR count). The molecule has 0 aliphatic heterocycles. The summed E-state index contributed by atoms with van der Waals surface area (Å²) in [6.07, 6.45) is -4.64. The number of ether oxygens (including phenoxy) is 1. The van der Waals surface area contributed by atoms with E-state index in [4.69, 9.17) is 0 Å². The third-order valence-corrected chi connectivity index (χ3v) is 2.02. The van der Waals surface area contributed by atoms with E-state index in [0.717, 1.165) is 19.5 Å². The van der Waals surface area contributed by atoms with Crippen LogP contribution in [0, 0.1) is 10.1 Å². The molecular weight excluding hydrogens is 259 g/mol. The van der Waals surface area contributed by atoms with Gasteiger partial charge in [0.05, 0.1) is 18.5 Å². The molecule has 0 N–H and O–H groups in total. The van der Waals surface area contributed by atoms with Gasteiger partial charge < -0.3 is 4.74 Å². The lowest BCUT2D eigenvalue weighted by molar-refractivity contribution is -0.385. The first-order valence-corrected chi connectivity index (χ1v) is 4.57. The number of esters is 1. The van der Waals surface area contributed by atoms with Crippen molar-refractivity contribution in [2.75, 3.05) is 7.11 Å². The van der Waals surface area contributed by atoms with Crippen LogP contribution < -0.4 is 0 Å². The van der Waals surface area contributed by atoms with Crippen molar-refractivity contribution in [1.29, 1.82) is 0 Å². The van der Waals surface area contributed by atoms with Crippen LogP contribution in [0.3, 0.4) is 0 Å². The topological polar surface area (TPSA) is 87.3 Å². The summed E-state index contributed by atoms with van der Waals surface area (Å²) in [5.74, 6) is -1.18. The van der Waals surface area contributed by atoms with Gasteiger partial charge >= 0.3 is 17.8 Å². The van der Waals surface area contributed by atoms with Crippen molar-refractivity contribution in [2.45, 2.75) is 18.6 Å². The van der Waals surface area contributed by atoms with Crippen molar-refractivity contribution in [3.8, 4) is 0 Å². The SMILES string of the molecule is COC(=O)C(CC(F)(F)F)n1cc([N+](=O)[O-])cn1. The molecule has 7 nitrogen and oxygen atoms in total. The molecule has 0 saturated carbocycles. The van der Waals surface area contributed by atoms with Gasteiger partial charge in [-0.1, -0.05) is 0 Å². The zero-order valence-electron chi connectivity index (χ0n) is 9.05. The standard InChI is InChI=1S/C8H8F3N3O4/c1-18-7(15)6(2-8(9,10)11)13-4-5(3-12-13)14(16)17/h3-4,6H,2H2,1H3. The number of carbonyl (C=O) groups is 1. The quantitative estimate of drug-likeness (QED) is 0.468. The van der Waals surface area contributed by atoms with E-state index in [2.05, 4.69) is 9.84 Å². The van der Waals surface area contributed by atoms with Gasteiger partial charge in [-0.3, -0.25) is 14.8 Å². The van der Waals surface area contributed by atoms with Crippen LogP contribution in [-0.4, -0.2) is 34.0 Å². The van der Waals surface area contributed by atoms with Crippen molar-refractivity contribution < 1.29 is 27.6 Å². The Morgan fingerprint density at radius 1 is 1.67 bits per heavy atom. The Balaban J connectivity index is 3.01. The predicted octanol–water partition coefficient (Wildman–Crippen LogP) is 1.46. The van der Waals surface area contributed by atoms with Gasteiger partial charge in [0.25, 0.3) is 0 Å². The fourth-order valence-corrected chi connectivity index (χ4v) is 1.23. The average molecular weight is 267 g/mol. The second-order valence-electron chi connectivity index (χ2n) is 3.29. The van der Waals surface area contributed by atoms with Crippen LogP contribution in [0.15, 0.2) is 12.4 Å². The molecule has 1 aromatic heterocycles. The maximum atomic E-state index is 12.3. The van der Waals surface area contributed by atoms with Gasteiger partial charge in [-0.2, -0.15) is 18.3 Å². The number of nitro groups is 1. The number of halogens is 3. The van der Waals surface area contributed by atoms with E-state index >= 15 is 0 Å². The van der Waals surface area contributed by atoms with E-state index in [1.54, 1.807) is 0 Å². The highest BCUT2D eigenvalue weighted by Crippen LogP contribution is 2.29. The number of hydrogen-bond donors (Lipinski definition) is 0. The third-order valence-electron chi connectivity index (χ3n) is 2.02. The number of aromatic nitrogens is 2. The molecule has 1 aromatic rings. The van der Waals surface area contributed by atoms with Crippen molar-refractivity contribution in [1.82, 2.24) is 9.78 Å². The summed E-state index contributed by atoms with van der Waals surface area (Å²) in [4.78, 5) is 20.8. The largest absolute Gasteiger partial charge is 0.467 e. The summed E-state index contributed by atoms with van der Waals surface area (Å²) in [6, 6.07) is -1.77. The van der Waals surface area contributed by atoms with Crippen LogP contribution in [0.5, 0.6) is 0 Å². The lowest BCUT2D eigenvalue weighted by atomic mass is 10.2. The van der Waals surface area contributed by atoms with Gasteiger partial charge in [0.15, 0.2) is 6.04 Å². The lowest BCUT2D eigenvalue weighted by Gasteiger charge is -2.16. The van der Waals surface area contributed by atoms with Gasteiger partial charge in [0.1, 0.15) is 12.4 Å². The second kappa shape index (κ2) is 5.02. The Morgan fingerprint density at radius 2 is 2.28 bits per heavy atom. The summed E-state index contributed by atoms with van der Waals surface area (Å²) in [6.45, 7) is 0. The summed E-state index contributed by atoms with van der Waals surface area (Å²) in [5.41, 5.74) is -0.508. The summed E-state index contributed by atoms with van der Waals surface area (Å²) >= 11 is 0. The highest BCUT2D eigenvalue weighted by molar-refractivity contribution is 5.74. The fraction of sp³-hybridized carbons (Fsp3) is 0.500. The number of hydrogen-bond acceptors (Lipinski definition) is 5. The zero-order chi connectivity index (χ0) is 13.9. The Bertz CT molecular complexity index is 457. The molecule has 1 heterocycles. The van der Waals surface area contributed by atoms with E-state index in [0.29, 0.717) is 4.68 Å². The number of alkyl halides is 3. The predicted molar refractivity (Wildman–Crippen MR) is 50.6 cm³/mol. The molecule has 0 aliphatic carbocycles. The van der Waals surface area contributed by atoms with Crippen molar-refractivity contribution in [3.05, 3.63) is 22.5 Å². The van der Waals surface area contributed by atoms with Crippen molar-refractivity contribution >= 4 is 11.7 Å². The van der Waals surface area contributed by atoms with E-state index in [9.17, 15) is 28.1 Å². The molecule has 0 fully saturated rings. The molecule has 18 heavy (non-hydrogen) atoms. The number of methoxy groups -OCH3 is 1. The van der Waals surface area contributed by atoms with Crippen LogP contribution in [0.2, 0.25) is 0 Å². The Labute approximate surface area is 98.3 Å². The van der Waals surface area contributed by atoms with E-state index < -0.39 is 35.2 Å². The molecule has 0 saturated heterocycles. The minimum absolute atomic E-state index is 0.508. The van der Waals surface area contributed by atoms with Crippen LogP contribution in [-0.2, 0) is 9.53 Å². The van der Waals surface area contributed by atoms with Gasteiger partial charge in [-0.25, -0.2) is 4.79 Å². The van der Waals surface area contributed by atoms with Crippen molar-refractivity contribution in [3.63, 3.8) is 0 Å². The zero-order valence-corrected chi connectivity index (χ0v) is 9.05. The molecule has 0 radical (unpaired) electrons. The maximum Gasteiger partial charge on any atom is 0.391 e.